The van der Waals surface area contributed by atoms with Crippen molar-refractivity contribution < 1.29 is 95.6 Å². The maximum absolute atomic E-state index is 13.0. The van der Waals surface area contributed by atoms with Gasteiger partial charge in [0.05, 0.1) is 121 Å². The van der Waals surface area contributed by atoms with Crippen molar-refractivity contribution in [2.24, 2.45) is 23.7 Å². The summed E-state index contributed by atoms with van der Waals surface area (Å²) in [4.78, 5) is 73.6. The fraction of sp³-hybridized carbons (Fsp3) is 0.418. The largest absolute Gasteiger partial charge is 0.490 e. The Bertz CT molecular complexity index is 6980. The summed E-state index contributed by atoms with van der Waals surface area (Å²) in [5, 5.41) is 96.4. The number of fused-ring (bicyclic) bond motifs is 12. The van der Waals surface area contributed by atoms with Gasteiger partial charge in [-0.05, 0) is 236 Å². The Morgan fingerprint density at radius 3 is 1.05 bits per heavy atom. The molecular formula is C110H111ClN16O20. The van der Waals surface area contributed by atoms with Gasteiger partial charge in [-0.15, -0.1) is 11.6 Å². The number of alkyl halides is 1. The Hall–Kier alpha value is -14.7. The van der Waals surface area contributed by atoms with Crippen molar-refractivity contribution in [3.63, 3.8) is 0 Å². The molecule has 37 heteroatoms. The first-order valence-electron chi connectivity index (χ1n) is 49.5. The number of nitrogens with zero attached hydrogens (tertiary/aromatic N) is 15. The number of halogens is 1. The van der Waals surface area contributed by atoms with Gasteiger partial charge in [0, 0.05) is 103 Å². The van der Waals surface area contributed by atoms with Gasteiger partial charge in [0.2, 0.25) is 46.9 Å². The minimum absolute atomic E-state index is 0.00261. The molecule has 1 saturated carbocycles. The van der Waals surface area contributed by atoms with E-state index in [1.165, 1.54) is 5.56 Å². The lowest BCUT2D eigenvalue weighted by atomic mass is 10.0. The van der Waals surface area contributed by atoms with Crippen molar-refractivity contribution in [2.45, 2.75) is 218 Å². The third kappa shape index (κ3) is 21.1. The predicted octanol–water partition coefficient (Wildman–Crippen LogP) is 15.3. The fourth-order valence-electron chi connectivity index (χ4n) is 21.5. The van der Waals surface area contributed by atoms with E-state index >= 15 is 0 Å². The lowest BCUT2D eigenvalue weighted by Crippen LogP contribution is -2.37. The van der Waals surface area contributed by atoms with Crippen LogP contribution >= 0.6 is 11.6 Å². The van der Waals surface area contributed by atoms with Crippen molar-refractivity contribution in [3.8, 4) is 139 Å². The smallest absolute Gasteiger partial charge is 0.258 e. The van der Waals surface area contributed by atoms with Crippen LogP contribution in [0.1, 0.15) is 199 Å². The van der Waals surface area contributed by atoms with Crippen LogP contribution in [0.5, 0.6) is 23.0 Å². The van der Waals surface area contributed by atoms with Gasteiger partial charge in [0.1, 0.15) is 53.4 Å². The Morgan fingerprint density at radius 2 is 0.748 bits per heavy atom. The van der Waals surface area contributed by atoms with Crippen molar-refractivity contribution in [2.75, 3.05) is 51.9 Å². The number of carbonyl (C=O) groups excluding carboxylic acids is 4. The first-order valence-corrected chi connectivity index (χ1v) is 50.1. The maximum atomic E-state index is 13.0. The first-order chi connectivity index (χ1) is 70.9. The highest BCUT2D eigenvalue weighted by Gasteiger charge is 2.54. The molecule has 7 fully saturated rings. The van der Waals surface area contributed by atoms with Crippen molar-refractivity contribution in [3.05, 3.63) is 212 Å². The Kier molecular flexibility index (Phi) is 29.1. The van der Waals surface area contributed by atoms with E-state index in [1.807, 2.05) is 147 Å². The van der Waals surface area contributed by atoms with Gasteiger partial charge in [-0.2, -0.15) is 41.0 Å². The number of hydrogen-bond acceptors (Lipinski definition) is 32. The minimum atomic E-state index is -0.972. The van der Waals surface area contributed by atoms with Crippen LogP contribution in [0, 0.1) is 69.0 Å². The Labute approximate surface area is 852 Å². The summed E-state index contributed by atoms with van der Waals surface area (Å²) < 4.78 is 67.5. The zero-order valence-electron chi connectivity index (χ0n) is 82.7. The summed E-state index contributed by atoms with van der Waals surface area (Å²) in [7, 11) is 0. The second-order valence-corrected chi connectivity index (χ2v) is 40.4. The average Bonchev–Trinajstić information content (AvgIpc) is 1.60. The molecule has 758 valence electrons. The van der Waals surface area contributed by atoms with E-state index in [9.17, 15) is 60.7 Å². The van der Waals surface area contributed by atoms with Gasteiger partial charge in [-0.1, -0.05) is 93.4 Å². The molecule has 147 heavy (non-hydrogen) atoms. The highest BCUT2D eigenvalue weighted by Crippen LogP contribution is 2.55. The molecule has 0 bridgehead atoms. The zero-order chi connectivity index (χ0) is 103. The summed E-state index contributed by atoms with van der Waals surface area (Å²) in [5.74, 6) is 5.91. The summed E-state index contributed by atoms with van der Waals surface area (Å²) in [6, 6.07) is 53.1. The highest BCUT2D eigenvalue weighted by molar-refractivity contribution is 6.18. The predicted molar refractivity (Wildman–Crippen MR) is 529 cm³/mol. The number of benzene rings is 8. The molecule has 1 spiro atoms. The van der Waals surface area contributed by atoms with E-state index in [-0.39, 0.29) is 127 Å². The van der Waals surface area contributed by atoms with Crippen LogP contribution in [0.25, 0.3) is 91.4 Å². The van der Waals surface area contributed by atoms with E-state index in [4.69, 9.17) is 67.6 Å². The Morgan fingerprint density at radius 1 is 0.422 bits per heavy atom. The van der Waals surface area contributed by atoms with Crippen LogP contribution < -0.4 is 24.3 Å². The number of nitrogens with one attached hydrogen (secondary N) is 1. The molecule has 11 aliphatic rings. The van der Waals surface area contributed by atoms with Crippen LogP contribution in [-0.4, -0.2) is 212 Å². The van der Waals surface area contributed by atoms with Gasteiger partial charge >= 0.3 is 0 Å². The van der Waals surface area contributed by atoms with Crippen LogP contribution in [0.4, 0.5) is 0 Å². The standard InChI is InChI=1S/C29H30N4O5.2C26H26N4O5.C23H20N4O3.C6H9ClO2/c1-16(2)36-24-9-8-17(10-19(24)13-30)28-31-27(32-38-28)22-7-5-6-21-23(22)11-18-12-25(34)33(26(18)21)14-20-15-35-29(3,4)37-20;2*1-14(2)34-22-7-6-15(8-17(22)11-27)26-28-25(29-35-26)20-5-3-4-19-21(20)9-16-10-23(33)30(24(16)19)12-18(32)13-31;1-12(2)29-19-7-6-13(8-15(19)11-24)23-26-22(27-30-23)17-5-3-4-16-18(17)9-14-10-20(28)25-21(14)16;7-3-5-4-8-6(9-5)1-2-6/h5-10,16,18,20,26H,11-12,14-15H2,1-4H3;2*3-8,14,16,18,24,31-32H,9-10,12-13H2,1-2H3;3-8,12,14,21H,9-10H2,1-2H3,(H,25,28);5H,1-4H2. The van der Waals surface area contributed by atoms with Gasteiger partial charge in [-0.25, -0.2) is 0 Å². The lowest BCUT2D eigenvalue weighted by molar-refractivity contribution is -0.145. The molecule has 8 aromatic carbocycles. The fourth-order valence-corrected chi connectivity index (χ4v) is 21.7. The number of ether oxygens (including phenoxy) is 8. The Balaban J connectivity index is 0.000000120. The van der Waals surface area contributed by atoms with E-state index in [0.29, 0.717) is 179 Å². The second kappa shape index (κ2) is 42.4. The molecular weight excluding hydrogens is 1900 g/mol. The quantitative estimate of drug-likeness (QED) is 0.0332. The van der Waals surface area contributed by atoms with Crippen molar-refractivity contribution in [1.29, 1.82) is 21.0 Å². The van der Waals surface area contributed by atoms with Crippen LogP contribution in [0.15, 0.2) is 164 Å². The topological polar surface area (TPSA) is 496 Å². The molecule has 36 nitrogen and oxygen atoms in total. The molecule has 10 heterocycles. The van der Waals surface area contributed by atoms with Crippen molar-refractivity contribution in [1.82, 2.24) is 60.6 Å². The summed E-state index contributed by atoms with van der Waals surface area (Å²) in [6.07, 6.45) is 4.83. The number of carbonyl (C=O) groups is 4. The van der Waals surface area contributed by atoms with Gasteiger partial charge in [0.15, 0.2) is 11.6 Å². The number of aromatic nitrogens is 8. The summed E-state index contributed by atoms with van der Waals surface area (Å²) in [5.41, 5.74) is 16.4. The number of aliphatic hydroxyl groups is 4. The highest BCUT2D eigenvalue weighted by atomic mass is 35.5. The third-order valence-corrected chi connectivity index (χ3v) is 28.2. The number of likely N-dealkylation sites (tertiary alicyclic amines) is 3. The summed E-state index contributed by atoms with van der Waals surface area (Å²) in [6.45, 7) is 20.1. The van der Waals surface area contributed by atoms with E-state index in [0.717, 1.165) is 86.9 Å². The molecule has 6 aliphatic heterocycles. The van der Waals surface area contributed by atoms with Crippen LogP contribution in [0.2, 0.25) is 0 Å². The number of amides is 4. The molecule has 12 aromatic rings. The third-order valence-electron chi connectivity index (χ3n) is 27.8. The van der Waals surface area contributed by atoms with Crippen LogP contribution in [-0.2, 0) is 63.8 Å². The number of aliphatic hydroxyl groups excluding tert-OH is 4. The first kappa shape index (κ1) is 101. The van der Waals surface area contributed by atoms with E-state index in [2.05, 4.69) is 82.3 Å². The monoisotopic (exact) mass is 2010 g/mol. The number of nitriles is 4. The van der Waals surface area contributed by atoms with E-state index < -0.39 is 31.2 Å². The maximum Gasteiger partial charge on any atom is 0.258 e. The SMILES string of the molecule is CC(C)Oc1ccc(-c2nc(-c3cccc4c3CC3CC(=O)N(CC(O)CO)C43)no2)cc1C#N.CC(C)Oc1ccc(-c2nc(-c3cccc4c3CC3CC(=O)N(CC(O)CO)C43)no2)cc1C#N.CC(C)Oc1ccc(-c2nc(-c3cccc4c3CC3CC(=O)N(CC5COC(C)(C)O5)C43)no2)cc1C#N.CC(C)Oc1ccc(-c2nc(-c3cccc4c3CC3CC(=O)NC43)no2)cc1C#N.ClCC1COC2(CC2)O1. The molecule has 12 atom stereocenters. The minimum Gasteiger partial charge on any atom is -0.490 e. The molecule has 4 amide bonds. The molecule has 6 saturated heterocycles. The number of rotatable bonds is 25. The molecule has 5 aliphatic carbocycles. The molecule has 12 unspecified atom stereocenters. The molecule has 4 aromatic heterocycles. The second-order valence-electron chi connectivity index (χ2n) is 40.1. The average molecular weight is 2010 g/mol. The number of hydrogen-bond donors (Lipinski definition) is 5. The molecule has 0 radical (unpaired) electrons. The summed E-state index contributed by atoms with van der Waals surface area (Å²) >= 11 is 5.56. The van der Waals surface area contributed by atoms with Gasteiger partial charge in [-0.3, -0.25) is 19.2 Å². The molecule has 23 rings (SSSR count). The van der Waals surface area contributed by atoms with Crippen LogP contribution in [0.3, 0.4) is 0 Å². The normalized spacial score (nSPS) is 21.6. The molecule has 5 N–H and O–H groups in total. The zero-order valence-corrected chi connectivity index (χ0v) is 83.5. The van der Waals surface area contributed by atoms with Gasteiger partial charge in [0.25, 0.3) is 23.6 Å². The van der Waals surface area contributed by atoms with Gasteiger partial charge < -0.3 is 96.4 Å². The van der Waals surface area contributed by atoms with Crippen molar-refractivity contribution >= 4 is 35.2 Å². The lowest BCUT2D eigenvalue weighted by Gasteiger charge is -2.28. The number of β-amino-alcohol motifs (C(OH)–C–C–N with tert-alkyl or cyclic N) is 2. The van der Waals surface area contributed by atoms with E-state index in [1.54, 1.807) is 70.5 Å².